The number of piperidine rings is 1. The average molecular weight is 421 g/mol. The average Bonchev–Trinajstić information content (AvgIpc) is 3.34. The number of carbonyl (C=O) groups excluding carboxylic acids is 1. The molecule has 4 heterocycles. The van der Waals surface area contributed by atoms with E-state index in [1.165, 1.54) is 12.8 Å². The van der Waals surface area contributed by atoms with E-state index in [9.17, 15) is 4.79 Å². The van der Waals surface area contributed by atoms with E-state index in [0.29, 0.717) is 29.4 Å². The summed E-state index contributed by atoms with van der Waals surface area (Å²) in [5.41, 5.74) is 4.51. The van der Waals surface area contributed by atoms with Gasteiger partial charge in [-0.1, -0.05) is 19.0 Å². The molecular formula is C23H28N6O2. The fourth-order valence-electron chi connectivity index (χ4n) is 5.09. The number of hydrogen-bond acceptors (Lipinski definition) is 5. The molecule has 1 amide bonds. The molecule has 8 nitrogen and oxygen atoms in total. The van der Waals surface area contributed by atoms with Crippen molar-refractivity contribution in [1.82, 2.24) is 30.0 Å². The van der Waals surface area contributed by atoms with E-state index >= 15 is 0 Å². The van der Waals surface area contributed by atoms with E-state index in [1.807, 2.05) is 22.6 Å². The zero-order chi connectivity index (χ0) is 21.3. The summed E-state index contributed by atoms with van der Waals surface area (Å²) in [6.07, 6.45) is 4.68. The lowest BCUT2D eigenvalue weighted by Gasteiger charge is -2.18. The number of aryl methyl sites for hydroxylation is 1. The fourth-order valence-corrected chi connectivity index (χ4v) is 5.09. The van der Waals surface area contributed by atoms with Crippen LogP contribution in [0.3, 0.4) is 0 Å². The number of carbonyl (C=O) groups is 1. The first-order valence-electron chi connectivity index (χ1n) is 11.3. The maximum Gasteiger partial charge on any atom is 0.274 e. The molecule has 3 atom stereocenters. The van der Waals surface area contributed by atoms with Crippen molar-refractivity contribution >= 4 is 5.91 Å². The largest absolute Gasteiger partial charge is 0.361 e. The summed E-state index contributed by atoms with van der Waals surface area (Å²) in [7, 11) is 0. The van der Waals surface area contributed by atoms with Gasteiger partial charge in [-0.2, -0.15) is 10.2 Å². The van der Waals surface area contributed by atoms with Gasteiger partial charge in [0.2, 0.25) is 0 Å². The van der Waals surface area contributed by atoms with Crippen LogP contribution in [0.5, 0.6) is 0 Å². The Balaban J connectivity index is 1.16. The van der Waals surface area contributed by atoms with Crippen LogP contribution in [0.4, 0.5) is 0 Å². The molecule has 0 bridgehead atoms. The number of fused-ring (bicyclic) bond motifs is 1. The molecule has 1 N–H and O–H groups in total. The Morgan fingerprint density at radius 1 is 1.29 bits per heavy atom. The molecule has 3 aromatic heterocycles. The van der Waals surface area contributed by atoms with E-state index < -0.39 is 0 Å². The van der Waals surface area contributed by atoms with Gasteiger partial charge in [0.15, 0.2) is 0 Å². The van der Waals surface area contributed by atoms with Crippen LogP contribution in [-0.4, -0.2) is 49.0 Å². The maximum absolute atomic E-state index is 12.9. The van der Waals surface area contributed by atoms with Crippen molar-refractivity contribution in [3.8, 4) is 11.3 Å². The third kappa shape index (κ3) is 3.20. The standard InChI is InChI=1S/C23H28N6O2/c1-12(2)18-8-19(25-24-18)23(30)28-10-15-16(11-28)21(15)22-20(13(3)31-27-22)17-6-7-29(26-17)9-14-4-5-14/h6-8,12,14-16,21H,4-5,9-11H2,1-3H3,(H,24,25)/t15-,16+,21?. The van der Waals surface area contributed by atoms with Crippen LogP contribution < -0.4 is 0 Å². The van der Waals surface area contributed by atoms with Gasteiger partial charge >= 0.3 is 0 Å². The molecule has 6 rings (SSSR count). The highest BCUT2D eigenvalue weighted by Crippen LogP contribution is 2.59. The van der Waals surface area contributed by atoms with Crippen LogP contribution in [0.2, 0.25) is 0 Å². The number of nitrogens with zero attached hydrogens (tertiary/aromatic N) is 5. The summed E-state index contributed by atoms with van der Waals surface area (Å²) >= 11 is 0. The van der Waals surface area contributed by atoms with Gasteiger partial charge in [0.1, 0.15) is 11.5 Å². The Hall–Kier alpha value is -2.90. The predicted octanol–water partition coefficient (Wildman–Crippen LogP) is 3.59. The molecule has 3 fully saturated rings. The van der Waals surface area contributed by atoms with Crippen LogP contribution in [-0.2, 0) is 6.54 Å². The number of aromatic amines is 1. The number of amides is 1. The van der Waals surface area contributed by atoms with Gasteiger partial charge in [-0.15, -0.1) is 0 Å². The number of likely N-dealkylation sites (tertiary alicyclic amines) is 1. The third-order valence-electron chi connectivity index (χ3n) is 7.16. The molecule has 0 aromatic carbocycles. The summed E-state index contributed by atoms with van der Waals surface area (Å²) in [5, 5.41) is 16.4. The molecule has 162 valence electrons. The minimum atomic E-state index is 0.0180. The molecule has 8 heteroatoms. The highest BCUT2D eigenvalue weighted by Gasteiger charge is 2.59. The predicted molar refractivity (Wildman–Crippen MR) is 113 cm³/mol. The Bertz CT molecular complexity index is 1120. The highest BCUT2D eigenvalue weighted by molar-refractivity contribution is 5.92. The van der Waals surface area contributed by atoms with E-state index in [4.69, 9.17) is 9.62 Å². The van der Waals surface area contributed by atoms with Crippen molar-refractivity contribution in [3.63, 3.8) is 0 Å². The van der Waals surface area contributed by atoms with Crippen molar-refractivity contribution in [2.24, 2.45) is 17.8 Å². The van der Waals surface area contributed by atoms with Gasteiger partial charge < -0.3 is 9.42 Å². The number of nitrogens with one attached hydrogen (secondary N) is 1. The molecule has 31 heavy (non-hydrogen) atoms. The van der Waals surface area contributed by atoms with E-state index in [1.54, 1.807) is 0 Å². The number of H-pyrrole nitrogens is 1. The topological polar surface area (TPSA) is 92.8 Å². The van der Waals surface area contributed by atoms with Crippen molar-refractivity contribution in [3.05, 3.63) is 41.2 Å². The molecular weight excluding hydrogens is 392 g/mol. The van der Waals surface area contributed by atoms with Crippen LogP contribution in [0.1, 0.15) is 66.2 Å². The monoisotopic (exact) mass is 420 g/mol. The van der Waals surface area contributed by atoms with Crippen molar-refractivity contribution in [2.75, 3.05) is 13.1 Å². The van der Waals surface area contributed by atoms with Gasteiger partial charge in [0.05, 0.1) is 17.0 Å². The second-order valence-corrected chi connectivity index (χ2v) is 9.79. The van der Waals surface area contributed by atoms with E-state index in [0.717, 1.165) is 54.0 Å². The SMILES string of the molecule is Cc1onc(C2[C@H]3CN(C(=O)c4cc(C(C)C)[nH]n4)C[C@@H]23)c1-c1ccn(CC2CC2)n1. The molecule has 3 aliphatic rings. The van der Waals surface area contributed by atoms with Crippen LogP contribution in [0.25, 0.3) is 11.3 Å². The van der Waals surface area contributed by atoms with Gasteiger partial charge in [-0.25, -0.2) is 0 Å². The summed E-state index contributed by atoms with van der Waals surface area (Å²) in [4.78, 5) is 14.8. The summed E-state index contributed by atoms with van der Waals surface area (Å²) in [6.45, 7) is 8.63. The quantitative estimate of drug-likeness (QED) is 0.658. The molecule has 3 aromatic rings. The Kier molecular flexibility index (Phi) is 4.13. The first-order chi connectivity index (χ1) is 15.0. The zero-order valence-electron chi connectivity index (χ0n) is 18.2. The Labute approximate surface area is 181 Å². The molecule has 2 saturated carbocycles. The lowest BCUT2D eigenvalue weighted by Crippen LogP contribution is -2.31. The summed E-state index contributed by atoms with van der Waals surface area (Å²) < 4.78 is 7.64. The van der Waals surface area contributed by atoms with Gasteiger partial charge in [-0.05, 0) is 55.6 Å². The number of rotatable bonds is 6. The molecule has 0 spiro atoms. The maximum atomic E-state index is 12.9. The van der Waals surface area contributed by atoms with E-state index in [-0.39, 0.29) is 5.91 Å². The van der Waals surface area contributed by atoms with E-state index in [2.05, 4.69) is 41.5 Å². The second-order valence-electron chi connectivity index (χ2n) is 9.79. The summed E-state index contributed by atoms with van der Waals surface area (Å²) in [5.74, 6) is 3.16. The van der Waals surface area contributed by atoms with Crippen LogP contribution in [0, 0.1) is 24.7 Å². The third-order valence-corrected chi connectivity index (χ3v) is 7.16. The fraction of sp³-hybridized carbons (Fsp3) is 0.565. The lowest BCUT2D eigenvalue weighted by molar-refractivity contribution is 0.0766. The Morgan fingerprint density at radius 2 is 2.06 bits per heavy atom. The van der Waals surface area contributed by atoms with Crippen LogP contribution in [0.15, 0.2) is 22.9 Å². The molecule has 1 unspecified atom stereocenters. The number of hydrogen-bond donors (Lipinski definition) is 1. The van der Waals surface area contributed by atoms with Gasteiger partial charge in [0.25, 0.3) is 5.91 Å². The molecule has 2 aliphatic carbocycles. The molecule has 0 radical (unpaired) electrons. The zero-order valence-corrected chi connectivity index (χ0v) is 18.2. The smallest absolute Gasteiger partial charge is 0.274 e. The number of aromatic nitrogens is 5. The minimum Gasteiger partial charge on any atom is -0.361 e. The lowest BCUT2D eigenvalue weighted by atomic mass is 10.0. The van der Waals surface area contributed by atoms with Crippen LogP contribution >= 0.6 is 0 Å². The van der Waals surface area contributed by atoms with Crippen molar-refractivity contribution < 1.29 is 9.32 Å². The minimum absolute atomic E-state index is 0.0180. The molecule has 1 saturated heterocycles. The first kappa shape index (κ1) is 18.8. The summed E-state index contributed by atoms with van der Waals surface area (Å²) in [6, 6.07) is 3.95. The van der Waals surface area contributed by atoms with Crippen molar-refractivity contribution in [1.29, 1.82) is 0 Å². The highest BCUT2D eigenvalue weighted by atomic mass is 16.5. The molecule has 1 aliphatic heterocycles. The van der Waals surface area contributed by atoms with Gasteiger partial charge in [0, 0.05) is 37.4 Å². The van der Waals surface area contributed by atoms with Crippen molar-refractivity contribution in [2.45, 2.75) is 52.0 Å². The second kappa shape index (κ2) is 6.80. The Morgan fingerprint density at radius 3 is 2.74 bits per heavy atom. The normalized spacial score (nSPS) is 24.8. The first-order valence-corrected chi connectivity index (χ1v) is 11.3. The van der Waals surface area contributed by atoms with Gasteiger partial charge in [-0.3, -0.25) is 14.6 Å².